The first-order valence-corrected chi connectivity index (χ1v) is 13.9. The fraction of sp³-hybridized carbons (Fsp3) is 0.172. The van der Waals surface area contributed by atoms with Crippen LogP contribution in [-0.2, 0) is 34.2 Å². The van der Waals surface area contributed by atoms with Gasteiger partial charge in [-0.2, -0.15) is 4.31 Å². The summed E-state index contributed by atoms with van der Waals surface area (Å²) < 4.78 is 28.8. The van der Waals surface area contributed by atoms with Crippen LogP contribution in [0.4, 0.5) is 0 Å². The second kappa shape index (κ2) is 12.0. The molecular formula is C29H26Cl2N2O3S. The molecular weight excluding hydrogens is 527 g/mol. The van der Waals surface area contributed by atoms with Crippen LogP contribution in [0, 0.1) is 0 Å². The number of ketones is 1. The van der Waals surface area contributed by atoms with Gasteiger partial charge in [0.15, 0.2) is 0 Å². The number of aromatic nitrogens is 1. The summed E-state index contributed by atoms with van der Waals surface area (Å²) in [5, 5.41) is 1.07. The topological polar surface area (TPSA) is 67.3 Å². The summed E-state index contributed by atoms with van der Waals surface area (Å²) in [5.41, 5.74) is 3.18. The Bertz CT molecular complexity index is 1460. The highest BCUT2D eigenvalue weighted by Crippen LogP contribution is 2.30. The lowest BCUT2D eigenvalue weighted by Crippen LogP contribution is -2.33. The van der Waals surface area contributed by atoms with Gasteiger partial charge in [-0.3, -0.25) is 9.78 Å². The first kappa shape index (κ1) is 27.0. The maximum Gasteiger partial charge on any atom is 0.243 e. The van der Waals surface area contributed by atoms with E-state index in [9.17, 15) is 13.2 Å². The fourth-order valence-electron chi connectivity index (χ4n) is 4.07. The van der Waals surface area contributed by atoms with Crippen molar-refractivity contribution in [2.24, 2.45) is 0 Å². The Morgan fingerprint density at radius 2 is 1.54 bits per heavy atom. The van der Waals surface area contributed by atoms with Crippen molar-refractivity contribution in [2.75, 3.05) is 0 Å². The summed E-state index contributed by atoms with van der Waals surface area (Å²) in [6, 6.07) is 25.8. The van der Waals surface area contributed by atoms with Gasteiger partial charge in [-0.1, -0.05) is 65.7 Å². The van der Waals surface area contributed by atoms with Gasteiger partial charge in [0.05, 0.1) is 17.1 Å². The van der Waals surface area contributed by atoms with Crippen molar-refractivity contribution >= 4 is 39.0 Å². The number of halogens is 2. The van der Waals surface area contributed by atoms with Gasteiger partial charge in [-0.15, -0.1) is 0 Å². The summed E-state index contributed by atoms with van der Waals surface area (Å²) >= 11 is 12.0. The molecule has 4 aromatic rings. The molecule has 0 saturated carbocycles. The van der Waals surface area contributed by atoms with Crippen LogP contribution in [0.3, 0.4) is 0 Å². The first-order valence-electron chi connectivity index (χ1n) is 11.7. The standard InChI is InChI=1S/C29H26Cl2N2O3S/c1-21(24-10-8-22(9-11-24)18-28(34)19-23-5-4-6-26(31)17-23)33(20-27-7-2-3-16-32-27)37(35,36)29-14-12-25(30)13-15-29/h2-17,21H,18-20H2,1H3/t21-/m1/s1. The van der Waals surface area contributed by atoms with E-state index < -0.39 is 16.1 Å². The van der Waals surface area contributed by atoms with Gasteiger partial charge in [0.1, 0.15) is 5.78 Å². The molecule has 4 rings (SSSR count). The van der Waals surface area contributed by atoms with E-state index in [4.69, 9.17) is 23.2 Å². The van der Waals surface area contributed by atoms with Crippen LogP contribution in [0.2, 0.25) is 10.0 Å². The van der Waals surface area contributed by atoms with Gasteiger partial charge in [-0.25, -0.2) is 8.42 Å². The van der Waals surface area contributed by atoms with Gasteiger partial charge in [0, 0.05) is 35.1 Å². The minimum Gasteiger partial charge on any atom is -0.299 e. The summed E-state index contributed by atoms with van der Waals surface area (Å²) in [4.78, 5) is 17.1. The van der Waals surface area contributed by atoms with Crippen LogP contribution in [0.15, 0.2) is 102 Å². The molecule has 0 N–H and O–H groups in total. The molecule has 0 fully saturated rings. The van der Waals surface area contributed by atoms with Crippen LogP contribution in [0.25, 0.3) is 0 Å². The van der Waals surface area contributed by atoms with E-state index in [-0.39, 0.29) is 23.6 Å². The number of hydrogen-bond donors (Lipinski definition) is 0. The van der Waals surface area contributed by atoms with Crippen LogP contribution in [0.5, 0.6) is 0 Å². The third-order valence-electron chi connectivity index (χ3n) is 6.05. The zero-order valence-corrected chi connectivity index (χ0v) is 22.5. The number of Topliss-reactive ketones (excluding diaryl/α,β-unsaturated/α-hetero) is 1. The van der Waals surface area contributed by atoms with Crippen molar-refractivity contribution in [1.29, 1.82) is 0 Å². The largest absolute Gasteiger partial charge is 0.299 e. The average molecular weight is 554 g/mol. The zero-order chi connectivity index (χ0) is 26.4. The SMILES string of the molecule is C[C@H](c1ccc(CC(=O)Cc2cccc(Cl)c2)cc1)N(Cc1ccccn1)S(=O)(=O)c1ccc(Cl)cc1. The van der Waals surface area contributed by atoms with Gasteiger partial charge < -0.3 is 0 Å². The van der Waals surface area contributed by atoms with E-state index in [1.165, 1.54) is 16.4 Å². The van der Waals surface area contributed by atoms with E-state index >= 15 is 0 Å². The van der Waals surface area contributed by atoms with Gasteiger partial charge in [0.25, 0.3) is 0 Å². The molecule has 37 heavy (non-hydrogen) atoms. The maximum atomic E-state index is 13.7. The smallest absolute Gasteiger partial charge is 0.243 e. The Balaban J connectivity index is 1.55. The molecule has 1 aromatic heterocycles. The van der Waals surface area contributed by atoms with E-state index in [1.807, 2.05) is 49.4 Å². The van der Waals surface area contributed by atoms with Crippen LogP contribution in [-0.4, -0.2) is 23.5 Å². The van der Waals surface area contributed by atoms with Crippen LogP contribution < -0.4 is 0 Å². The molecule has 1 atom stereocenters. The van der Waals surface area contributed by atoms with Crippen LogP contribution >= 0.6 is 23.2 Å². The number of carbonyl (C=O) groups excluding carboxylic acids is 1. The van der Waals surface area contributed by atoms with Crippen molar-refractivity contribution in [3.63, 3.8) is 0 Å². The summed E-state index contributed by atoms with van der Waals surface area (Å²) in [5.74, 6) is 0.0742. The quantitative estimate of drug-likeness (QED) is 0.219. The molecule has 5 nitrogen and oxygen atoms in total. The zero-order valence-electron chi connectivity index (χ0n) is 20.2. The molecule has 0 radical (unpaired) electrons. The summed E-state index contributed by atoms with van der Waals surface area (Å²) in [6.45, 7) is 1.95. The maximum absolute atomic E-state index is 13.7. The molecule has 0 bridgehead atoms. The highest BCUT2D eigenvalue weighted by atomic mass is 35.5. The van der Waals surface area contributed by atoms with Gasteiger partial charge in [-0.05, 0) is 72.1 Å². The lowest BCUT2D eigenvalue weighted by molar-refractivity contribution is -0.117. The predicted octanol–water partition coefficient (Wildman–Crippen LogP) is 6.69. The number of benzene rings is 3. The normalized spacial score (nSPS) is 12.4. The number of rotatable bonds is 10. The van der Waals surface area contributed by atoms with Crippen molar-refractivity contribution < 1.29 is 13.2 Å². The minimum absolute atomic E-state index is 0.0742. The third kappa shape index (κ3) is 7.05. The lowest BCUT2D eigenvalue weighted by Gasteiger charge is -2.28. The van der Waals surface area contributed by atoms with Crippen molar-refractivity contribution in [2.45, 2.75) is 37.2 Å². The molecule has 0 aliphatic heterocycles. The third-order valence-corrected chi connectivity index (χ3v) is 8.47. The highest BCUT2D eigenvalue weighted by molar-refractivity contribution is 7.89. The van der Waals surface area contributed by atoms with Gasteiger partial charge >= 0.3 is 0 Å². The monoisotopic (exact) mass is 552 g/mol. The molecule has 0 saturated heterocycles. The van der Waals surface area contributed by atoms with Crippen molar-refractivity contribution in [1.82, 2.24) is 9.29 Å². The summed E-state index contributed by atoms with van der Waals surface area (Å²) in [6.07, 6.45) is 2.22. The second-order valence-electron chi connectivity index (χ2n) is 8.76. The number of pyridine rings is 1. The highest BCUT2D eigenvalue weighted by Gasteiger charge is 2.30. The molecule has 0 aliphatic carbocycles. The Morgan fingerprint density at radius 3 is 2.19 bits per heavy atom. The van der Waals surface area contributed by atoms with Crippen molar-refractivity contribution in [3.05, 3.63) is 130 Å². The molecule has 1 heterocycles. The summed E-state index contributed by atoms with van der Waals surface area (Å²) in [7, 11) is -3.86. The molecule has 0 amide bonds. The number of hydrogen-bond acceptors (Lipinski definition) is 4. The van der Waals surface area contributed by atoms with Crippen LogP contribution in [0.1, 0.15) is 35.3 Å². The number of carbonyl (C=O) groups is 1. The number of sulfonamides is 1. The minimum atomic E-state index is -3.86. The lowest BCUT2D eigenvalue weighted by atomic mass is 10.0. The van der Waals surface area contributed by atoms with Gasteiger partial charge in [0.2, 0.25) is 10.0 Å². The molecule has 0 aliphatic rings. The van der Waals surface area contributed by atoms with E-state index in [0.29, 0.717) is 22.2 Å². The van der Waals surface area contributed by atoms with E-state index in [1.54, 1.807) is 42.6 Å². The fourth-order valence-corrected chi connectivity index (χ4v) is 6.00. The van der Waals surface area contributed by atoms with E-state index in [2.05, 4.69) is 4.98 Å². The molecule has 0 spiro atoms. The van der Waals surface area contributed by atoms with E-state index in [0.717, 1.165) is 16.7 Å². The second-order valence-corrected chi connectivity index (χ2v) is 11.5. The molecule has 190 valence electrons. The first-order chi connectivity index (χ1) is 17.7. The average Bonchev–Trinajstić information content (AvgIpc) is 2.88. The Morgan fingerprint density at radius 1 is 0.838 bits per heavy atom. The number of nitrogens with zero attached hydrogens (tertiary/aromatic N) is 2. The Kier molecular flexibility index (Phi) is 8.77. The molecule has 0 unspecified atom stereocenters. The Hall–Kier alpha value is -3.03. The van der Waals surface area contributed by atoms with Crippen molar-refractivity contribution in [3.8, 4) is 0 Å². The predicted molar refractivity (Wildman–Crippen MR) is 147 cm³/mol. The molecule has 8 heteroatoms. The Labute approximate surface area is 227 Å². The molecule has 3 aromatic carbocycles.